The molecule has 2 N–H and O–H groups in total. The molecule has 0 amide bonds. The van der Waals surface area contributed by atoms with Crippen LogP contribution in [0.2, 0.25) is 0 Å². The number of ether oxygens (including phenoxy) is 5. The smallest absolute Gasteiger partial charge is 0.170 e. The van der Waals surface area contributed by atoms with Crippen LogP contribution in [-0.2, 0) is 23.7 Å². The molecule has 4 aliphatic heterocycles. The molecule has 0 aromatic carbocycles. The molecule has 0 bridgehead atoms. The van der Waals surface area contributed by atoms with Gasteiger partial charge in [-0.3, -0.25) is 9.80 Å². The second kappa shape index (κ2) is 12.8. The van der Waals surface area contributed by atoms with Crippen LogP contribution in [0.1, 0.15) is 121 Å². The zero-order valence-corrected chi connectivity index (χ0v) is 35.6. The molecule has 2 spiro atoms. The second-order valence-electron chi connectivity index (χ2n) is 22.5. The van der Waals surface area contributed by atoms with Crippen LogP contribution in [0.3, 0.4) is 0 Å². The zero-order chi connectivity index (χ0) is 38.4. The molecule has 5 saturated carbocycles. The van der Waals surface area contributed by atoms with Gasteiger partial charge in [0.1, 0.15) is 6.10 Å². The lowest BCUT2D eigenvalue weighted by molar-refractivity contribution is -0.257. The number of aliphatic hydroxyl groups is 2. The molecule has 5 aliphatic carbocycles. The Kier molecular flexibility index (Phi) is 9.29. The molecule has 9 fully saturated rings. The molecule has 54 heavy (non-hydrogen) atoms. The average Bonchev–Trinajstić information content (AvgIpc) is 3.69. The van der Waals surface area contributed by atoms with Gasteiger partial charge in [0.05, 0.1) is 62.4 Å². The van der Waals surface area contributed by atoms with E-state index in [0.29, 0.717) is 53.1 Å². The maximum absolute atomic E-state index is 12.7. The quantitative estimate of drug-likeness (QED) is 0.289. The van der Waals surface area contributed by atoms with Gasteiger partial charge in [-0.2, -0.15) is 0 Å². The summed E-state index contributed by atoms with van der Waals surface area (Å²) in [6.07, 6.45) is 8.00. The molecule has 9 heteroatoms. The predicted octanol–water partition coefficient (Wildman–Crippen LogP) is 6.13. The van der Waals surface area contributed by atoms with E-state index in [2.05, 4.69) is 58.3 Å². The van der Waals surface area contributed by atoms with Gasteiger partial charge in [0.25, 0.3) is 0 Å². The molecule has 308 valence electrons. The lowest BCUT2D eigenvalue weighted by Crippen LogP contribution is -2.68. The highest BCUT2D eigenvalue weighted by Gasteiger charge is 2.84. The van der Waals surface area contributed by atoms with Gasteiger partial charge < -0.3 is 33.9 Å². The Morgan fingerprint density at radius 2 is 1.63 bits per heavy atom. The first-order chi connectivity index (χ1) is 25.3. The molecule has 3 unspecified atom stereocenters. The van der Waals surface area contributed by atoms with Gasteiger partial charge in [-0.15, -0.1) is 0 Å². The van der Waals surface area contributed by atoms with Crippen LogP contribution in [-0.4, -0.2) is 127 Å². The van der Waals surface area contributed by atoms with Gasteiger partial charge in [-0.25, -0.2) is 0 Å². The van der Waals surface area contributed by atoms with Gasteiger partial charge in [0.15, 0.2) is 6.29 Å². The van der Waals surface area contributed by atoms with E-state index in [1.54, 1.807) is 0 Å². The van der Waals surface area contributed by atoms with E-state index < -0.39 is 17.8 Å². The molecule has 14 atom stereocenters. The lowest BCUT2D eigenvalue weighted by Gasteiger charge is -2.64. The zero-order valence-electron chi connectivity index (χ0n) is 35.6. The molecule has 9 rings (SSSR count). The molecular formula is C45H76N2O7. The van der Waals surface area contributed by atoms with Crippen molar-refractivity contribution in [2.24, 2.45) is 56.7 Å². The van der Waals surface area contributed by atoms with Crippen LogP contribution >= 0.6 is 0 Å². The van der Waals surface area contributed by atoms with E-state index in [1.807, 2.05) is 20.8 Å². The summed E-state index contributed by atoms with van der Waals surface area (Å²) in [7, 11) is 0. The first kappa shape index (κ1) is 39.1. The highest BCUT2D eigenvalue weighted by atomic mass is 16.7. The van der Waals surface area contributed by atoms with Crippen molar-refractivity contribution in [3.63, 3.8) is 0 Å². The fraction of sp³-hybridized carbons (Fsp3) is 1.00. The molecule has 0 radical (unpaired) electrons. The standard InChI is InChI=1S/C45H76N2O7/c1-11-51-38(41(7,8)49)30-20-27(2)35-36(53-30)37(48)43(10)32-13-12-31-39(3,4)33(14-15-44(31)26-45(32,44)17-16-42(35,43)9)54-34-23-47(18-19-52-34)40(5,6)28-21-46(22-28)29-24-50-25-29/h27-38,48-49H,11-26H2,1-10H3/t27-,30?,31+,32?,33+,34+,35+,36?,37+,38+,42-,43-,44-,45+/m1/s1. The van der Waals surface area contributed by atoms with Crippen LogP contribution in [0.15, 0.2) is 0 Å². The number of fused-ring (bicyclic) bond motifs is 4. The van der Waals surface area contributed by atoms with Crippen molar-refractivity contribution in [3.8, 4) is 0 Å². The van der Waals surface area contributed by atoms with Crippen molar-refractivity contribution in [3.05, 3.63) is 0 Å². The molecule has 9 aliphatic rings. The summed E-state index contributed by atoms with van der Waals surface area (Å²) in [6.45, 7) is 30.2. The first-order valence-electron chi connectivity index (χ1n) is 22.4. The van der Waals surface area contributed by atoms with Crippen molar-refractivity contribution in [2.45, 2.75) is 175 Å². The SMILES string of the molecule is CCO[C@@H](C1C[C@@H](C)[C@H]2C(O1)[C@H](O)[C@@]1(C)C3CC[C@H]4C(C)(C)[C@@H](O[C@H]5CN(C(C)(C)C6CN(C7COC7)C6)CCO5)CC[C@@]45C[C@@]35CC[C@]21C)C(C)(C)O. The van der Waals surface area contributed by atoms with Gasteiger partial charge in [0.2, 0.25) is 0 Å². The van der Waals surface area contributed by atoms with Crippen LogP contribution in [0.5, 0.6) is 0 Å². The highest BCUT2D eigenvalue weighted by Crippen LogP contribution is 2.89. The van der Waals surface area contributed by atoms with E-state index in [0.717, 1.165) is 45.8 Å². The third-order valence-corrected chi connectivity index (χ3v) is 19.4. The maximum Gasteiger partial charge on any atom is 0.170 e. The normalized spacial score (nSPS) is 50.1. The van der Waals surface area contributed by atoms with Crippen molar-refractivity contribution in [1.29, 1.82) is 0 Å². The summed E-state index contributed by atoms with van der Waals surface area (Å²) in [5, 5.41) is 23.8. The van der Waals surface area contributed by atoms with Crippen molar-refractivity contribution in [2.75, 3.05) is 52.6 Å². The third-order valence-electron chi connectivity index (χ3n) is 19.4. The van der Waals surface area contributed by atoms with Crippen LogP contribution in [0.25, 0.3) is 0 Å². The minimum Gasteiger partial charge on any atom is -0.390 e. The first-order valence-corrected chi connectivity index (χ1v) is 22.4. The Bertz CT molecular complexity index is 1420. The number of hydrogen-bond donors (Lipinski definition) is 2. The van der Waals surface area contributed by atoms with Gasteiger partial charge >= 0.3 is 0 Å². The van der Waals surface area contributed by atoms with Crippen LogP contribution in [0.4, 0.5) is 0 Å². The summed E-state index contributed by atoms with van der Waals surface area (Å²) < 4.78 is 32.2. The van der Waals surface area contributed by atoms with E-state index >= 15 is 0 Å². The van der Waals surface area contributed by atoms with E-state index in [4.69, 9.17) is 23.7 Å². The highest BCUT2D eigenvalue weighted by molar-refractivity contribution is 5.33. The van der Waals surface area contributed by atoms with Crippen molar-refractivity contribution in [1.82, 2.24) is 9.80 Å². The van der Waals surface area contributed by atoms with Gasteiger partial charge in [-0.05, 0) is 131 Å². The monoisotopic (exact) mass is 757 g/mol. The number of morpholine rings is 1. The number of nitrogens with zero attached hydrogens (tertiary/aromatic N) is 2. The predicted molar refractivity (Wildman–Crippen MR) is 208 cm³/mol. The minimum atomic E-state index is -1.02. The Labute approximate surface area is 326 Å². The van der Waals surface area contributed by atoms with Crippen molar-refractivity contribution < 1.29 is 33.9 Å². The molecule has 0 aromatic rings. The Morgan fingerprint density at radius 3 is 2.30 bits per heavy atom. The summed E-state index contributed by atoms with van der Waals surface area (Å²) in [4.78, 5) is 5.27. The summed E-state index contributed by atoms with van der Waals surface area (Å²) in [6, 6.07) is 0.633. The summed E-state index contributed by atoms with van der Waals surface area (Å²) >= 11 is 0. The molecule has 4 heterocycles. The lowest BCUT2D eigenvalue weighted by atomic mass is 9.41. The largest absolute Gasteiger partial charge is 0.390 e. The summed E-state index contributed by atoms with van der Waals surface area (Å²) in [5.41, 5.74) is -0.381. The van der Waals surface area contributed by atoms with Gasteiger partial charge in [-0.1, -0.05) is 34.6 Å². The fourth-order valence-electron chi connectivity index (χ4n) is 16.1. The van der Waals surface area contributed by atoms with Gasteiger partial charge in [0, 0.05) is 43.1 Å². The second-order valence-corrected chi connectivity index (χ2v) is 22.5. The Hall–Kier alpha value is -0.360. The number of hydrogen-bond acceptors (Lipinski definition) is 9. The molecule has 9 nitrogen and oxygen atoms in total. The van der Waals surface area contributed by atoms with Crippen molar-refractivity contribution >= 4 is 0 Å². The minimum absolute atomic E-state index is 0.0149. The third kappa shape index (κ3) is 5.26. The molecular weight excluding hydrogens is 681 g/mol. The van der Waals surface area contributed by atoms with Crippen LogP contribution < -0.4 is 0 Å². The Balaban J connectivity index is 0.897. The van der Waals surface area contributed by atoms with Crippen LogP contribution in [0, 0.1) is 56.7 Å². The average molecular weight is 757 g/mol. The van der Waals surface area contributed by atoms with E-state index in [9.17, 15) is 10.2 Å². The maximum atomic E-state index is 12.7. The molecule has 4 saturated heterocycles. The Morgan fingerprint density at radius 1 is 0.926 bits per heavy atom. The fourth-order valence-corrected chi connectivity index (χ4v) is 16.1. The number of rotatable bonds is 9. The number of likely N-dealkylation sites (tertiary alicyclic amines) is 1. The summed E-state index contributed by atoms with van der Waals surface area (Å²) in [5.74, 6) is 2.49. The molecule has 0 aromatic heterocycles. The van der Waals surface area contributed by atoms with E-state index in [-0.39, 0.29) is 46.4 Å². The van der Waals surface area contributed by atoms with E-state index in [1.165, 1.54) is 51.6 Å². The number of aliphatic hydroxyl groups excluding tert-OH is 1. The topological polar surface area (TPSA) is 93.1 Å².